The minimum atomic E-state index is -0.900. The van der Waals surface area contributed by atoms with Crippen molar-refractivity contribution in [3.05, 3.63) is 77.5 Å². The number of hydroxylamine groups is 1. The topological polar surface area (TPSA) is 32.8 Å². The summed E-state index contributed by atoms with van der Waals surface area (Å²) in [6, 6.07) is 17.6. The van der Waals surface area contributed by atoms with Crippen molar-refractivity contribution >= 4 is 23.2 Å². The lowest BCUT2D eigenvalue weighted by atomic mass is 9.86. The van der Waals surface area contributed by atoms with Gasteiger partial charge in [-0.25, -0.2) is 5.06 Å². The highest BCUT2D eigenvalue weighted by molar-refractivity contribution is 6.30. The molecule has 146 valence electrons. The number of amides is 1. The Bertz CT molecular complexity index is 910. The summed E-state index contributed by atoms with van der Waals surface area (Å²) in [5.74, 6) is -0.0117. The fraction of sp³-hybridized carbons (Fsp3) is 0.348. The van der Waals surface area contributed by atoms with E-state index in [4.69, 9.17) is 16.4 Å². The lowest BCUT2D eigenvalue weighted by molar-refractivity contribution is -0.144. The quantitative estimate of drug-likeness (QED) is 0.686. The minimum absolute atomic E-state index is 0.0117. The number of rotatable bonds is 3. The second-order valence-electron chi connectivity index (χ2n) is 8.38. The number of benzene rings is 2. The van der Waals surface area contributed by atoms with Crippen molar-refractivity contribution in [3.8, 4) is 0 Å². The number of halogens is 1. The van der Waals surface area contributed by atoms with Gasteiger partial charge in [0, 0.05) is 29.1 Å². The molecule has 2 saturated heterocycles. The molecule has 0 radical (unpaired) electrons. The van der Waals surface area contributed by atoms with E-state index in [1.54, 1.807) is 4.90 Å². The molecule has 0 aliphatic carbocycles. The van der Waals surface area contributed by atoms with Crippen LogP contribution in [0.3, 0.4) is 0 Å². The van der Waals surface area contributed by atoms with Crippen molar-refractivity contribution < 1.29 is 9.63 Å². The molecule has 1 spiro atoms. The Labute approximate surface area is 171 Å². The van der Waals surface area contributed by atoms with Crippen LogP contribution in [0.5, 0.6) is 0 Å². The van der Waals surface area contributed by atoms with Gasteiger partial charge in [-0.05, 0) is 50.6 Å². The lowest BCUT2D eigenvalue weighted by Crippen LogP contribution is -2.42. The van der Waals surface area contributed by atoms with Crippen LogP contribution in [0.15, 0.2) is 66.9 Å². The number of hydrogen-bond donors (Lipinski definition) is 0. The molecule has 2 heterocycles. The third-order valence-electron chi connectivity index (χ3n) is 5.64. The van der Waals surface area contributed by atoms with E-state index in [1.165, 1.54) is 0 Å². The molecule has 0 aromatic heterocycles. The Hall–Kier alpha value is -2.30. The molecule has 4 rings (SSSR count). The zero-order valence-electron chi connectivity index (χ0n) is 16.5. The largest absolute Gasteiger partial charge is 0.309 e. The van der Waals surface area contributed by atoms with Gasteiger partial charge < -0.3 is 4.90 Å². The Morgan fingerprint density at radius 3 is 2.36 bits per heavy atom. The summed E-state index contributed by atoms with van der Waals surface area (Å²) in [5, 5.41) is 2.58. The molecular formula is C23H25ClN2O2. The zero-order valence-corrected chi connectivity index (χ0v) is 17.2. The van der Waals surface area contributed by atoms with Crippen molar-refractivity contribution in [2.45, 2.75) is 50.8 Å². The Balaban J connectivity index is 1.77. The van der Waals surface area contributed by atoms with Gasteiger partial charge in [0.25, 0.3) is 5.91 Å². The highest BCUT2D eigenvalue weighted by atomic mass is 35.5. The van der Waals surface area contributed by atoms with E-state index in [2.05, 4.69) is 20.4 Å². The third kappa shape index (κ3) is 3.01. The summed E-state index contributed by atoms with van der Waals surface area (Å²) < 4.78 is 0. The summed E-state index contributed by atoms with van der Waals surface area (Å²) in [4.78, 5) is 21.8. The fourth-order valence-electron chi connectivity index (χ4n) is 4.68. The number of allylic oxidation sites excluding steroid dienone is 1. The van der Waals surface area contributed by atoms with Gasteiger partial charge in [-0.15, -0.1) is 0 Å². The first-order valence-corrected chi connectivity index (χ1v) is 9.90. The molecule has 2 aromatic carbocycles. The summed E-state index contributed by atoms with van der Waals surface area (Å²) in [6.45, 7) is 10.0. The summed E-state index contributed by atoms with van der Waals surface area (Å²) in [7, 11) is 0. The van der Waals surface area contributed by atoms with E-state index in [0.29, 0.717) is 17.9 Å². The minimum Gasteiger partial charge on any atom is -0.309 e. The summed E-state index contributed by atoms with van der Waals surface area (Å²) in [5.41, 5.74) is 1.50. The van der Waals surface area contributed by atoms with Crippen LogP contribution in [0, 0.1) is 0 Å². The third-order valence-corrected chi connectivity index (χ3v) is 5.89. The van der Waals surface area contributed by atoms with Crippen molar-refractivity contribution in [2.24, 2.45) is 0 Å². The van der Waals surface area contributed by atoms with Gasteiger partial charge in [-0.1, -0.05) is 48.5 Å². The van der Waals surface area contributed by atoms with Crippen LogP contribution in [0.25, 0.3) is 0 Å². The molecule has 2 aliphatic heterocycles. The van der Waals surface area contributed by atoms with Crippen LogP contribution in [-0.4, -0.2) is 21.9 Å². The number of anilines is 1. The molecule has 2 aliphatic rings. The van der Waals surface area contributed by atoms with Gasteiger partial charge in [0.1, 0.15) is 0 Å². The SMILES string of the molecule is C=C(C)N1C(=O)[C@]2(C[C@H](c3ccc(Cl)cc3)N(c3ccccc3)O2)CC1(C)C. The van der Waals surface area contributed by atoms with Gasteiger partial charge in [0.05, 0.1) is 11.7 Å². The van der Waals surface area contributed by atoms with Crippen molar-refractivity contribution in [1.29, 1.82) is 0 Å². The molecule has 0 bridgehead atoms. The Kier molecular flexibility index (Phi) is 4.52. The number of para-hydroxylation sites is 1. The standard InChI is InChI=1S/C23H25ClN2O2/c1-16(2)25-21(27)23(15-22(25,3)4)14-20(17-10-12-18(24)13-11-17)26(28-23)19-8-6-5-7-9-19/h5-13,20H,1,14-15H2,2-4H3/t20-,23+/m1/s1. The number of hydrogen-bond acceptors (Lipinski definition) is 3. The Morgan fingerprint density at radius 1 is 1.14 bits per heavy atom. The number of likely N-dealkylation sites (tertiary alicyclic amines) is 1. The van der Waals surface area contributed by atoms with Crippen molar-refractivity contribution in [1.82, 2.24) is 4.90 Å². The maximum absolute atomic E-state index is 13.5. The maximum atomic E-state index is 13.5. The number of carbonyl (C=O) groups is 1. The number of nitrogens with zero attached hydrogens (tertiary/aromatic N) is 2. The van der Waals surface area contributed by atoms with Gasteiger partial charge >= 0.3 is 0 Å². The Morgan fingerprint density at radius 2 is 1.79 bits per heavy atom. The van der Waals surface area contributed by atoms with Gasteiger partial charge in [0.15, 0.2) is 5.60 Å². The second-order valence-corrected chi connectivity index (χ2v) is 8.82. The molecular weight excluding hydrogens is 372 g/mol. The average Bonchev–Trinajstić information content (AvgIpc) is 3.11. The zero-order chi connectivity index (χ0) is 20.1. The predicted molar refractivity (Wildman–Crippen MR) is 112 cm³/mol. The van der Waals surface area contributed by atoms with Gasteiger partial charge in [-0.2, -0.15) is 0 Å². The van der Waals surface area contributed by atoms with Crippen LogP contribution in [0.1, 0.15) is 45.2 Å². The first-order valence-electron chi connectivity index (χ1n) is 9.53. The van der Waals surface area contributed by atoms with Crippen LogP contribution in [-0.2, 0) is 9.63 Å². The first-order chi connectivity index (χ1) is 13.2. The molecule has 4 nitrogen and oxygen atoms in total. The molecule has 0 saturated carbocycles. The van der Waals surface area contributed by atoms with E-state index >= 15 is 0 Å². The first kappa shape index (κ1) is 19.0. The van der Waals surface area contributed by atoms with E-state index in [9.17, 15) is 4.79 Å². The van der Waals surface area contributed by atoms with Gasteiger partial charge in [0.2, 0.25) is 0 Å². The van der Waals surface area contributed by atoms with E-state index in [-0.39, 0.29) is 17.5 Å². The van der Waals surface area contributed by atoms with Crippen molar-refractivity contribution in [2.75, 3.05) is 5.06 Å². The predicted octanol–water partition coefficient (Wildman–Crippen LogP) is 5.51. The molecule has 0 unspecified atom stereocenters. The van der Waals surface area contributed by atoms with Crippen LogP contribution < -0.4 is 5.06 Å². The molecule has 28 heavy (non-hydrogen) atoms. The molecule has 2 atom stereocenters. The summed E-state index contributed by atoms with van der Waals surface area (Å²) in [6.07, 6.45) is 1.19. The van der Waals surface area contributed by atoms with Crippen LogP contribution in [0.4, 0.5) is 5.69 Å². The molecule has 2 fully saturated rings. The number of carbonyl (C=O) groups excluding carboxylic acids is 1. The molecule has 5 heteroatoms. The molecule has 0 N–H and O–H groups in total. The molecule has 2 aromatic rings. The van der Waals surface area contributed by atoms with E-state index in [0.717, 1.165) is 16.9 Å². The average molecular weight is 397 g/mol. The highest BCUT2D eigenvalue weighted by Gasteiger charge is 2.62. The molecule has 1 amide bonds. The van der Waals surface area contributed by atoms with Crippen LogP contribution >= 0.6 is 11.6 Å². The monoisotopic (exact) mass is 396 g/mol. The second kappa shape index (κ2) is 6.64. The van der Waals surface area contributed by atoms with Crippen molar-refractivity contribution in [3.63, 3.8) is 0 Å². The smallest absolute Gasteiger partial charge is 0.262 e. The summed E-state index contributed by atoms with van der Waals surface area (Å²) >= 11 is 6.09. The highest BCUT2D eigenvalue weighted by Crippen LogP contribution is 2.52. The van der Waals surface area contributed by atoms with Crippen LogP contribution in [0.2, 0.25) is 5.02 Å². The van der Waals surface area contributed by atoms with Gasteiger partial charge in [-0.3, -0.25) is 9.63 Å². The van der Waals surface area contributed by atoms with E-state index < -0.39 is 5.60 Å². The normalized spacial score (nSPS) is 26.3. The lowest BCUT2D eigenvalue weighted by Gasteiger charge is -2.31. The fourth-order valence-corrected chi connectivity index (χ4v) is 4.81. The maximum Gasteiger partial charge on any atom is 0.262 e. The van der Waals surface area contributed by atoms with E-state index in [1.807, 2.05) is 66.6 Å².